The number of para-hydroxylation sites is 2. The van der Waals surface area contributed by atoms with Crippen LogP contribution in [0, 0.1) is 0 Å². The number of aromatic nitrogens is 3. The lowest BCUT2D eigenvalue weighted by atomic mass is 10.1. The number of nitrogens with one attached hydrogen (secondary N) is 1. The van der Waals surface area contributed by atoms with E-state index in [-0.39, 0.29) is 24.6 Å². The van der Waals surface area contributed by atoms with Gasteiger partial charge in [-0.2, -0.15) is 0 Å². The largest absolute Gasteiger partial charge is 0.485 e. The molecule has 2 aliphatic heterocycles. The quantitative estimate of drug-likeness (QED) is 0.530. The van der Waals surface area contributed by atoms with Crippen molar-refractivity contribution < 1.29 is 14.3 Å². The number of carbonyl (C=O) groups is 1. The average molecular weight is 428 g/mol. The summed E-state index contributed by atoms with van der Waals surface area (Å²) in [6.07, 6.45) is -0.270. The Balaban J connectivity index is 1.28. The minimum absolute atomic E-state index is 0.120. The van der Waals surface area contributed by atoms with Crippen LogP contribution in [0.15, 0.2) is 65.5 Å². The van der Waals surface area contributed by atoms with E-state index >= 15 is 0 Å². The maximum Gasteiger partial charge on any atom is 0.276 e. The molecule has 8 nitrogen and oxygen atoms in total. The molecule has 2 aliphatic rings. The first kappa shape index (κ1) is 18.7. The van der Waals surface area contributed by atoms with Crippen molar-refractivity contribution in [2.24, 2.45) is 0 Å². The fourth-order valence-corrected chi connectivity index (χ4v) is 4.29. The zero-order chi connectivity index (χ0) is 21.7. The van der Waals surface area contributed by atoms with Crippen LogP contribution >= 0.6 is 0 Å². The number of carbonyl (C=O) groups excluding carboxylic acids is 1. The summed E-state index contributed by atoms with van der Waals surface area (Å²) >= 11 is 0. The second kappa shape index (κ2) is 7.26. The van der Waals surface area contributed by atoms with Crippen LogP contribution in [0.1, 0.15) is 11.3 Å². The van der Waals surface area contributed by atoms with Gasteiger partial charge in [0.25, 0.3) is 11.5 Å². The van der Waals surface area contributed by atoms with Crippen LogP contribution in [-0.2, 0) is 17.8 Å². The molecule has 4 aromatic rings. The molecule has 6 rings (SSSR count). The van der Waals surface area contributed by atoms with E-state index in [1.54, 1.807) is 11.0 Å². The number of H-pyrrole nitrogens is 1. The van der Waals surface area contributed by atoms with Crippen molar-refractivity contribution in [3.05, 3.63) is 82.3 Å². The summed E-state index contributed by atoms with van der Waals surface area (Å²) in [6, 6.07) is 18.9. The number of nitrogens with zero attached hydrogens (tertiary/aromatic N) is 3. The summed E-state index contributed by atoms with van der Waals surface area (Å²) in [4.78, 5) is 32.6. The first-order valence-corrected chi connectivity index (χ1v) is 10.5. The fourth-order valence-electron chi connectivity index (χ4n) is 4.29. The minimum Gasteiger partial charge on any atom is -0.485 e. The first-order chi connectivity index (χ1) is 15.7. The van der Waals surface area contributed by atoms with E-state index in [4.69, 9.17) is 14.5 Å². The molecule has 0 radical (unpaired) electrons. The van der Waals surface area contributed by atoms with Gasteiger partial charge in [0.15, 0.2) is 17.1 Å². The molecule has 0 aliphatic carbocycles. The van der Waals surface area contributed by atoms with Gasteiger partial charge in [0, 0.05) is 18.2 Å². The molecule has 2 aromatic heterocycles. The lowest BCUT2D eigenvalue weighted by Crippen LogP contribution is -2.49. The van der Waals surface area contributed by atoms with Crippen molar-refractivity contribution in [1.29, 1.82) is 0 Å². The molecular formula is C24H20N4O4. The molecular weight excluding hydrogens is 408 g/mol. The lowest BCUT2D eigenvalue weighted by molar-refractivity contribution is -0.142. The molecule has 2 aromatic carbocycles. The lowest BCUT2D eigenvalue weighted by Gasteiger charge is -2.32. The molecule has 1 N–H and O–H groups in total. The number of hydrogen-bond donors (Lipinski definition) is 1. The Labute approximate surface area is 183 Å². The van der Waals surface area contributed by atoms with Gasteiger partial charge in [-0.15, -0.1) is 0 Å². The van der Waals surface area contributed by atoms with Gasteiger partial charge in [0.05, 0.1) is 17.9 Å². The van der Waals surface area contributed by atoms with E-state index in [1.807, 2.05) is 54.6 Å². The highest BCUT2D eigenvalue weighted by Gasteiger charge is 2.34. The van der Waals surface area contributed by atoms with Gasteiger partial charge in [-0.3, -0.25) is 14.7 Å². The molecule has 0 saturated heterocycles. The smallest absolute Gasteiger partial charge is 0.276 e. The van der Waals surface area contributed by atoms with Crippen LogP contribution < -0.4 is 15.0 Å². The number of ether oxygens (including phenoxy) is 2. The molecule has 0 unspecified atom stereocenters. The highest BCUT2D eigenvalue weighted by Crippen LogP contribution is 2.31. The summed E-state index contributed by atoms with van der Waals surface area (Å²) in [6.45, 7) is 0.864. The van der Waals surface area contributed by atoms with E-state index in [2.05, 4.69) is 5.10 Å². The highest BCUT2D eigenvalue weighted by atomic mass is 16.6. The molecule has 8 heteroatoms. The Morgan fingerprint density at radius 1 is 1.06 bits per heavy atom. The summed E-state index contributed by atoms with van der Waals surface area (Å²) in [7, 11) is 0. The number of amides is 1. The van der Waals surface area contributed by atoms with Crippen LogP contribution in [0.4, 0.5) is 0 Å². The average Bonchev–Trinajstić information content (AvgIpc) is 3.28. The second-order valence-electron chi connectivity index (χ2n) is 7.95. The Kier molecular flexibility index (Phi) is 4.24. The Morgan fingerprint density at radius 3 is 2.69 bits per heavy atom. The van der Waals surface area contributed by atoms with E-state index in [9.17, 15) is 9.59 Å². The van der Waals surface area contributed by atoms with Crippen molar-refractivity contribution in [3.63, 3.8) is 0 Å². The molecule has 0 spiro atoms. The van der Waals surface area contributed by atoms with Crippen LogP contribution in [0.25, 0.3) is 16.9 Å². The Bertz CT molecular complexity index is 1390. The highest BCUT2D eigenvalue weighted by molar-refractivity contribution is 5.82. The third-order valence-electron chi connectivity index (χ3n) is 5.95. The van der Waals surface area contributed by atoms with Crippen molar-refractivity contribution >= 4 is 11.6 Å². The molecule has 160 valence electrons. The Morgan fingerprint density at radius 2 is 1.84 bits per heavy atom. The van der Waals surface area contributed by atoms with Gasteiger partial charge in [-0.25, -0.2) is 9.50 Å². The number of hydrogen-bond acceptors (Lipinski definition) is 5. The van der Waals surface area contributed by atoms with Gasteiger partial charge in [0.1, 0.15) is 6.61 Å². The molecule has 1 atom stereocenters. The van der Waals surface area contributed by atoms with Crippen molar-refractivity contribution in [3.8, 4) is 22.8 Å². The van der Waals surface area contributed by atoms with E-state index in [0.717, 1.165) is 11.3 Å². The Hall–Kier alpha value is -4.07. The van der Waals surface area contributed by atoms with Crippen LogP contribution in [0.2, 0.25) is 0 Å². The summed E-state index contributed by atoms with van der Waals surface area (Å²) in [5, 5.41) is 3.15. The van der Waals surface area contributed by atoms with Crippen molar-refractivity contribution in [2.45, 2.75) is 19.1 Å². The van der Waals surface area contributed by atoms with Crippen molar-refractivity contribution in [1.82, 2.24) is 19.5 Å². The maximum atomic E-state index is 13.1. The number of rotatable bonds is 2. The maximum absolute atomic E-state index is 13.1. The monoisotopic (exact) mass is 428 g/mol. The summed E-state index contributed by atoms with van der Waals surface area (Å²) in [5.74, 6) is 1.04. The van der Waals surface area contributed by atoms with E-state index < -0.39 is 6.10 Å². The summed E-state index contributed by atoms with van der Waals surface area (Å²) in [5.41, 5.74) is 3.47. The SMILES string of the molecule is O=C([C@H]1COc2ccccc2O1)N1CCc2c(nc3cc(-c4ccccc4)[nH]n3c2=O)C1. The standard InChI is InChI=1S/C24H20N4O4/c29-23-16-10-11-27(24(30)21-14-31-19-8-4-5-9-20(19)32-21)13-18(16)25-22-12-17(26-28(22)23)15-6-2-1-3-7-15/h1-9,12,21,26H,10-11,13-14H2/t21-/m1/s1. The fraction of sp³-hybridized carbons (Fsp3) is 0.208. The van der Waals surface area contributed by atoms with Gasteiger partial charge in [-0.1, -0.05) is 42.5 Å². The minimum atomic E-state index is -0.715. The molecule has 4 heterocycles. The molecule has 1 amide bonds. The van der Waals surface area contributed by atoms with Crippen molar-refractivity contribution in [2.75, 3.05) is 13.2 Å². The number of aromatic amines is 1. The zero-order valence-electron chi connectivity index (χ0n) is 17.2. The third-order valence-corrected chi connectivity index (χ3v) is 5.95. The normalized spacial score (nSPS) is 17.2. The van der Waals surface area contributed by atoms with Crippen LogP contribution in [0.3, 0.4) is 0 Å². The van der Waals surface area contributed by atoms with Crippen LogP contribution in [0.5, 0.6) is 11.5 Å². The van der Waals surface area contributed by atoms with Crippen LogP contribution in [-0.4, -0.2) is 44.7 Å². The van der Waals surface area contributed by atoms with Gasteiger partial charge in [0.2, 0.25) is 6.10 Å². The second-order valence-corrected chi connectivity index (χ2v) is 7.95. The molecule has 0 saturated carbocycles. The van der Waals surface area contributed by atoms with E-state index in [0.29, 0.717) is 41.4 Å². The first-order valence-electron chi connectivity index (χ1n) is 10.5. The molecule has 32 heavy (non-hydrogen) atoms. The number of fused-ring (bicyclic) bond motifs is 3. The van der Waals surface area contributed by atoms with Gasteiger partial charge >= 0.3 is 0 Å². The zero-order valence-corrected chi connectivity index (χ0v) is 17.2. The third kappa shape index (κ3) is 3.03. The van der Waals surface area contributed by atoms with E-state index in [1.165, 1.54) is 4.52 Å². The number of benzene rings is 2. The summed E-state index contributed by atoms with van der Waals surface area (Å²) < 4.78 is 13.0. The van der Waals surface area contributed by atoms with Gasteiger partial charge < -0.3 is 14.4 Å². The molecule has 0 bridgehead atoms. The topological polar surface area (TPSA) is 88.9 Å². The predicted molar refractivity (Wildman–Crippen MR) is 117 cm³/mol. The molecule has 0 fully saturated rings. The van der Waals surface area contributed by atoms with Gasteiger partial charge in [-0.05, 0) is 24.1 Å². The predicted octanol–water partition coefficient (Wildman–Crippen LogP) is 2.41.